The van der Waals surface area contributed by atoms with Crippen molar-refractivity contribution in [1.29, 1.82) is 0 Å². The second-order valence-corrected chi connectivity index (χ2v) is 4.71. The van der Waals surface area contributed by atoms with Crippen LogP contribution in [0.1, 0.15) is 53.9 Å². The zero-order chi connectivity index (χ0) is 12.6. The van der Waals surface area contributed by atoms with Gasteiger partial charge in [-0.15, -0.1) is 6.58 Å². The summed E-state index contributed by atoms with van der Waals surface area (Å²) in [6, 6.07) is 0.416. The molecule has 0 saturated heterocycles. The number of rotatable bonds is 9. The Balaban J connectivity index is 4.50. The molecule has 2 atom stereocenters. The third-order valence-electron chi connectivity index (χ3n) is 3.22. The number of ether oxygens (including phenoxy) is 1. The molecule has 2 nitrogen and oxygen atoms in total. The highest BCUT2D eigenvalue weighted by molar-refractivity contribution is 4.94. The number of nitrogens with one attached hydrogen (secondary N) is 1. The quantitative estimate of drug-likeness (QED) is 0.608. The molecule has 0 spiro atoms. The summed E-state index contributed by atoms with van der Waals surface area (Å²) in [6.07, 6.45) is 3.21. The summed E-state index contributed by atoms with van der Waals surface area (Å²) < 4.78 is 5.93. The normalized spacial score (nSPS) is 16.8. The maximum atomic E-state index is 5.93. The molecule has 0 aromatic rings. The molecule has 0 heterocycles. The molecule has 0 rings (SSSR count). The topological polar surface area (TPSA) is 21.3 Å². The van der Waals surface area contributed by atoms with Gasteiger partial charge in [0.05, 0.1) is 5.60 Å². The molecule has 0 bridgehead atoms. The van der Waals surface area contributed by atoms with Gasteiger partial charge in [-0.2, -0.15) is 0 Å². The Hall–Kier alpha value is -0.340. The van der Waals surface area contributed by atoms with E-state index in [0.717, 1.165) is 32.4 Å². The van der Waals surface area contributed by atoms with Crippen LogP contribution < -0.4 is 5.32 Å². The van der Waals surface area contributed by atoms with E-state index in [9.17, 15) is 0 Å². The van der Waals surface area contributed by atoms with E-state index in [1.54, 1.807) is 0 Å². The first-order chi connectivity index (χ1) is 7.50. The lowest BCUT2D eigenvalue weighted by atomic mass is 9.88. The van der Waals surface area contributed by atoms with Gasteiger partial charge in [-0.25, -0.2) is 0 Å². The Labute approximate surface area is 101 Å². The summed E-state index contributed by atoms with van der Waals surface area (Å²) in [5.41, 5.74) is 1.19. The molecule has 2 heteroatoms. The summed E-state index contributed by atoms with van der Waals surface area (Å²) >= 11 is 0. The average molecular weight is 227 g/mol. The lowest BCUT2D eigenvalue weighted by Gasteiger charge is -2.37. The van der Waals surface area contributed by atoms with Crippen LogP contribution >= 0.6 is 0 Å². The van der Waals surface area contributed by atoms with E-state index in [0.29, 0.717) is 6.04 Å². The first kappa shape index (κ1) is 15.7. The minimum Gasteiger partial charge on any atom is -0.374 e. The predicted octanol–water partition coefficient (Wildman–Crippen LogP) is 3.53. The maximum absolute atomic E-state index is 5.93. The van der Waals surface area contributed by atoms with E-state index in [2.05, 4.69) is 46.5 Å². The van der Waals surface area contributed by atoms with Gasteiger partial charge in [-0.3, -0.25) is 0 Å². The minimum atomic E-state index is -0.0553. The van der Waals surface area contributed by atoms with Gasteiger partial charge in [-0.1, -0.05) is 19.4 Å². The van der Waals surface area contributed by atoms with E-state index < -0.39 is 0 Å². The largest absolute Gasteiger partial charge is 0.374 e. The molecule has 0 amide bonds. The van der Waals surface area contributed by atoms with Crippen molar-refractivity contribution < 1.29 is 4.74 Å². The Morgan fingerprint density at radius 1 is 1.38 bits per heavy atom. The Kier molecular flexibility index (Phi) is 7.69. The molecular weight excluding hydrogens is 198 g/mol. The van der Waals surface area contributed by atoms with Crippen molar-refractivity contribution in [2.75, 3.05) is 13.2 Å². The zero-order valence-electron chi connectivity index (χ0n) is 11.7. The smallest absolute Gasteiger partial charge is 0.0804 e. The molecule has 96 valence electrons. The summed E-state index contributed by atoms with van der Waals surface area (Å²) in [7, 11) is 0. The first-order valence-electron chi connectivity index (χ1n) is 6.51. The molecular formula is C14H29NO. The highest BCUT2D eigenvalue weighted by Crippen LogP contribution is 2.24. The maximum Gasteiger partial charge on any atom is 0.0804 e. The standard InChI is InChI=1S/C14H29NO/c1-7-14(6,16-9-3)13(15-8-2)11-10-12(4)5/h13,15H,4,7-11H2,1-3,5-6H3. The molecule has 0 aliphatic rings. The Morgan fingerprint density at radius 2 is 2.00 bits per heavy atom. The van der Waals surface area contributed by atoms with Crippen LogP contribution in [0.3, 0.4) is 0 Å². The molecule has 0 aromatic carbocycles. The molecule has 1 N–H and O–H groups in total. The monoisotopic (exact) mass is 227 g/mol. The van der Waals surface area contributed by atoms with Gasteiger partial charge in [0.2, 0.25) is 0 Å². The molecule has 0 aliphatic heterocycles. The Morgan fingerprint density at radius 3 is 2.38 bits per heavy atom. The molecule has 0 aromatic heterocycles. The van der Waals surface area contributed by atoms with Crippen LogP contribution in [-0.2, 0) is 4.74 Å². The van der Waals surface area contributed by atoms with Crippen molar-refractivity contribution >= 4 is 0 Å². The number of likely N-dealkylation sites (N-methyl/N-ethyl adjacent to an activating group) is 1. The SMILES string of the molecule is C=C(C)CCC(NCC)C(C)(CC)OCC. The van der Waals surface area contributed by atoms with Crippen LogP contribution in [0.4, 0.5) is 0 Å². The van der Waals surface area contributed by atoms with Gasteiger partial charge in [0, 0.05) is 12.6 Å². The third kappa shape index (κ3) is 5.13. The number of hydrogen-bond acceptors (Lipinski definition) is 2. The van der Waals surface area contributed by atoms with Crippen LogP contribution in [0, 0.1) is 0 Å². The van der Waals surface area contributed by atoms with Crippen molar-refractivity contribution in [3.63, 3.8) is 0 Å². The van der Waals surface area contributed by atoms with Crippen LogP contribution in [0.15, 0.2) is 12.2 Å². The van der Waals surface area contributed by atoms with E-state index in [4.69, 9.17) is 4.74 Å². The van der Waals surface area contributed by atoms with E-state index in [1.807, 2.05) is 0 Å². The van der Waals surface area contributed by atoms with Crippen LogP contribution in [0.25, 0.3) is 0 Å². The summed E-state index contributed by atoms with van der Waals surface area (Å²) in [6.45, 7) is 16.4. The van der Waals surface area contributed by atoms with Gasteiger partial charge in [0.25, 0.3) is 0 Å². The zero-order valence-corrected chi connectivity index (χ0v) is 11.7. The summed E-state index contributed by atoms with van der Waals surface area (Å²) in [4.78, 5) is 0. The van der Waals surface area contributed by atoms with Gasteiger partial charge in [0.1, 0.15) is 0 Å². The lowest BCUT2D eigenvalue weighted by Crippen LogP contribution is -2.50. The molecule has 0 saturated carbocycles. The fourth-order valence-electron chi connectivity index (χ4n) is 2.04. The van der Waals surface area contributed by atoms with Crippen molar-refractivity contribution in [1.82, 2.24) is 5.32 Å². The highest BCUT2D eigenvalue weighted by atomic mass is 16.5. The summed E-state index contributed by atoms with van der Waals surface area (Å²) in [5.74, 6) is 0. The fourth-order valence-corrected chi connectivity index (χ4v) is 2.04. The summed E-state index contributed by atoms with van der Waals surface area (Å²) in [5, 5.41) is 3.55. The van der Waals surface area contributed by atoms with Crippen LogP contribution in [0.5, 0.6) is 0 Å². The van der Waals surface area contributed by atoms with E-state index in [-0.39, 0.29) is 5.60 Å². The second-order valence-electron chi connectivity index (χ2n) is 4.71. The number of hydrogen-bond donors (Lipinski definition) is 1. The van der Waals surface area contributed by atoms with Gasteiger partial charge < -0.3 is 10.1 Å². The van der Waals surface area contributed by atoms with Crippen molar-refractivity contribution in [3.8, 4) is 0 Å². The minimum absolute atomic E-state index is 0.0553. The molecule has 0 radical (unpaired) electrons. The van der Waals surface area contributed by atoms with Crippen molar-refractivity contribution in [2.45, 2.75) is 65.5 Å². The van der Waals surface area contributed by atoms with Gasteiger partial charge >= 0.3 is 0 Å². The predicted molar refractivity (Wildman–Crippen MR) is 71.8 cm³/mol. The molecule has 16 heavy (non-hydrogen) atoms. The van der Waals surface area contributed by atoms with E-state index in [1.165, 1.54) is 5.57 Å². The van der Waals surface area contributed by atoms with Crippen LogP contribution in [-0.4, -0.2) is 24.8 Å². The molecule has 0 fully saturated rings. The van der Waals surface area contributed by atoms with Crippen molar-refractivity contribution in [2.24, 2.45) is 0 Å². The Bertz CT molecular complexity index is 203. The van der Waals surface area contributed by atoms with Gasteiger partial charge in [0.15, 0.2) is 0 Å². The molecule has 2 unspecified atom stereocenters. The molecule has 0 aliphatic carbocycles. The first-order valence-corrected chi connectivity index (χ1v) is 6.51. The van der Waals surface area contributed by atoms with Crippen molar-refractivity contribution in [3.05, 3.63) is 12.2 Å². The number of allylic oxidation sites excluding steroid dienone is 1. The van der Waals surface area contributed by atoms with E-state index >= 15 is 0 Å². The lowest BCUT2D eigenvalue weighted by molar-refractivity contribution is -0.0565. The fraction of sp³-hybridized carbons (Fsp3) is 0.857. The van der Waals surface area contributed by atoms with Crippen LogP contribution in [0.2, 0.25) is 0 Å². The van der Waals surface area contributed by atoms with Gasteiger partial charge in [-0.05, 0) is 46.6 Å². The highest BCUT2D eigenvalue weighted by Gasteiger charge is 2.32. The third-order valence-corrected chi connectivity index (χ3v) is 3.22. The second kappa shape index (κ2) is 7.86. The average Bonchev–Trinajstić information content (AvgIpc) is 2.24.